The van der Waals surface area contributed by atoms with Gasteiger partial charge in [0.25, 0.3) is 0 Å². The minimum absolute atomic E-state index is 0.186. The van der Waals surface area contributed by atoms with Crippen molar-refractivity contribution < 1.29 is 14.1 Å². The molecule has 0 saturated carbocycles. The molecule has 1 N–H and O–H groups in total. The molecule has 2 unspecified atom stereocenters. The first-order valence-corrected chi connectivity index (χ1v) is 11.2. The molecule has 1 aromatic heterocycles. The van der Waals surface area contributed by atoms with Crippen LogP contribution < -0.4 is 10.1 Å². The van der Waals surface area contributed by atoms with Gasteiger partial charge in [0.05, 0.1) is 0 Å². The summed E-state index contributed by atoms with van der Waals surface area (Å²) in [6.45, 7) is 4.22. The first-order chi connectivity index (χ1) is 15.5. The maximum absolute atomic E-state index is 12.5. The van der Waals surface area contributed by atoms with Crippen molar-refractivity contribution in [2.75, 3.05) is 31.5 Å². The summed E-state index contributed by atoms with van der Waals surface area (Å²) in [7, 11) is 0. The lowest BCUT2D eigenvalue weighted by atomic mass is 10.0. The lowest BCUT2D eigenvalue weighted by Gasteiger charge is -2.21. The Balaban J connectivity index is 1.14. The highest BCUT2D eigenvalue weighted by atomic mass is 35.5. The van der Waals surface area contributed by atoms with Gasteiger partial charge in [0, 0.05) is 37.7 Å². The third kappa shape index (κ3) is 4.70. The van der Waals surface area contributed by atoms with Gasteiger partial charge in [-0.15, -0.1) is 0 Å². The predicted octanol–water partition coefficient (Wildman–Crippen LogP) is 5.37. The standard InChI is InChI=1S/C23H22Cl2N4O3/c24-18-4-6-19(7-5-18)32-20-3-1-2-15(8-20)9-28-10-16-12-29(13-17(16)11-28)23(30)26-22-21(25)14-31-27-22/h1-8,14,16-17H,9-13H2,(H,26,27,30). The number of anilines is 1. The van der Waals surface area contributed by atoms with E-state index in [1.54, 1.807) is 0 Å². The van der Waals surface area contributed by atoms with E-state index in [1.165, 1.54) is 11.8 Å². The molecule has 5 rings (SSSR count). The smallest absolute Gasteiger partial charge is 0.323 e. The highest BCUT2D eigenvalue weighted by molar-refractivity contribution is 6.33. The summed E-state index contributed by atoms with van der Waals surface area (Å²) < 4.78 is 10.7. The van der Waals surface area contributed by atoms with E-state index in [9.17, 15) is 4.79 Å². The highest BCUT2D eigenvalue weighted by Crippen LogP contribution is 2.33. The minimum atomic E-state index is -0.186. The van der Waals surface area contributed by atoms with Gasteiger partial charge in [-0.1, -0.05) is 40.5 Å². The van der Waals surface area contributed by atoms with E-state index in [0.717, 1.165) is 44.2 Å². The number of nitrogens with one attached hydrogen (secondary N) is 1. The van der Waals surface area contributed by atoms with Crippen LogP contribution in [0.1, 0.15) is 5.56 Å². The molecule has 2 fully saturated rings. The number of likely N-dealkylation sites (tertiary alicyclic amines) is 2. The summed E-state index contributed by atoms with van der Waals surface area (Å²) in [6.07, 6.45) is 1.29. The maximum Gasteiger partial charge on any atom is 0.323 e. The number of aromatic nitrogens is 1. The number of hydrogen-bond acceptors (Lipinski definition) is 5. The number of carbonyl (C=O) groups excluding carboxylic acids is 1. The van der Waals surface area contributed by atoms with Crippen molar-refractivity contribution in [3.8, 4) is 11.5 Å². The highest BCUT2D eigenvalue weighted by Gasteiger charge is 2.41. The second kappa shape index (κ2) is 9.02. The van der Waals surface area contributed by atoms with Gasteiger partial charge in [-0.3, -0.25) is 10.2 Å². The molecule has 0 bridgehead atoms. The number of hydrogen-bond donors (Lipinski definition) is 1. The molecule has 32 heavy (non-hydrogen) atoms. The zero-order valence-corrected chi connectivity index (χ0v) is 18.7. The van der Waals surface area contributed by atoms with E-state index in [4.69, 9.17) is 32.5 Å². The van der Waals surface area contributed by atoms with Crippen molar-refractivity contribution in [3.05, 3.63) is 70.4 Å². The Bertz CT molecular complexity index is 1090. The van der Waals surface area contributed by atoms with Gasteiger partial charge in [-0.2, -0.15) is 0 Å². The number of benzene rings is 2. The Morgan fingerprint density at radius 2 is 1.81 bits per heavy atom. The summed E-state index contributed by atoms with van der Waals surface area (Å²) in [5, 5.41) is 7.40. The number of carbonyl (C=O) groups is 1. The number of amides is 2. The molecule has 7 nitrogen and oxygen atoms in total. The number of ether oxygens (including phenoxy) is 1. The lowest BCUT2D eigenvalue weighted by Crippen LogP contribution is -2.36. The van der Waals surface area contributed by atoms with Crippen LogP contribution in [-0.4, -0.2) is 47.2 Å². The molecular formula is C23H22Cl2N4O3. The second-order valence-corrected chi connectivity index (χ2v) is 9.11. The molecule has 2 aromatic carbocycles. The monoisotopic (exact) mass is 472 g/mol. The molecule has 2 amide bonds. The molecule has 0 aliphatic carbocycles. The van der Waals surface area contributed by atoms with E-state index < -0.39 is 0 Å². The van der Waals surface area contributed by atoms with Crippen LogP contribution in [0.4, 0.5) is 10.6 Å². The fourth-order valence-electron chi connectivity index (χ4n) is 4.48. The van der Waals surface area contributed by atoms with Crippen molar-refractivity contribution >= 4 is 35.1 Å². The summed E-state index contributed by atoms with van der Waals surface area (Å²) in [5.41, 5.74) is 1.20. The van der Waals surface area contributed by atoms with Crippen molar-refractivity contribution in [3.63, 3.8) is 0 Å². The van der Waals surface area contributed by atoms with Crippen LogP contribution in [0, 0.1) is 11.8 Å². The van der Waals surface area contributed by atoms with Gasteiger partial charge in [0.15, 0.2) is 5.82 Å². The quantitative estimate of drug-likeness (QED) is 0.540. The van der Waals surface area contributed by atoms with Crippen molar-refractivity contribution in [1.29, 1.82) is 0 Å². The fraction of sp³-hybridized carbons (Fsp3) is 0.304. The van der Waals surface area contributed by atoms with E-state index in [2.05, 4.69) is 27.5 Å². The van der Waals surface area contributed by atoms with Crippen LogP contribution in [0.5, 0.6) is 11.5 Å². The largest absolute Gasteiger partial charge is 0.457 e. The normalized spacial score (nSPS) is 20.4. The molecule has 9 heteroatoms. The first-order valence-electron chi connectivity index (χ1n) is 10.4. The van der Waals surface area contributed by atoms with Gasteiger partial charge in [0.1, 0.15) is 22.8 Å². The van der Waals surface area contributed by atoms with Crippen LogP contribution in [0.25, 0.3) is 0 Å². The van der Waals surface area contributed by atoms with E-state index >= 15 is 0 Å². The summed E-state index contributed by atoms with van der Waals surface area (Å²) in [4.78, 5) is 16.8. The fourth-order valence-corrected chi connectivity index (χ4v) is 4.72. The van der Waals surface area contributed by atoms with E-state index in [1.807, 2.05) is 41.3 Å². The van der Waals surface area contributed by atoms with E-state index in [-0.39, 0.29) is 11.8 Å². The molecule has 0 radical (unpaired) electrons. The Morgan fingerprint density at radius 1 is 1.06 bits per heavy atom. The molecule has 0 spiro atoms. The lowest BCUT2D eigenvalue weighted by molar-refractivity contribution is 0.211. The molecule has 3 aromatic rings. The van der Waals surface area contributed by atoms with Crippen LogP contribution in [0.3, 0.4) is 0 Å². The Kier molecular flexibility index (Phi) is 5.95. The average Bonchev–Trinajstić information content (AvgIpc) is 3.45. The molecule has 2 saturated heterocycles. The third-order valence-electron chi connectivity index (χ3n) is 5.95. The molecule has 2 aliphatic heterocycles. The number of halogens is 2. The topological polar surface area (TPSA) is 70.8 Å². The second-order valence-electron chi connectivity index (χ2n) is 8.26. The SMILES string of the molecule is O=C(Nc1nocc1Cl)N1CC2CN(Cc3cccc(Oc4ccc(Cl)cc4)c3)CC2C1. The zero-order chi connectivity index (χ0) is 22.1. The van der Waals surface area contributed by atoms with Crippen molar-refractivity contribution in [2.45, 2.75) is 6.54 Å². The first kappa shape index (κ1) is 21.1. The number of nitrogens with zero attached hydrogens (tertiary/aromatic N) is 3. The molecular weight excluding hydrogens is 451 g/mol. The summed E-state index contributed by atoms with van der Waals surface area (Å²) in [5.74, 6) is 2.74. The predicted molar refractivity (Wildman–Crippen MR) is 122 cm³/mol. The van der Waals surface area contributed by atoms with Crippen LogP contribution in [0.15, 0.2) is 59.3 Å². The average molecular weight is 473 g/mol. The third-order valence-corrected chi connectivity index (χ3v) is 6.47. The Labute approximate surface area is 195 Å². The van der Waals surface area contributed by atoms with Crippen molar-refractivity contribution in [1.82, 2.24) is 15.0 Å². The zero-order valence-electron chi connectivity index (χ0n) is 17.2. The summed E-state index contributed by atoms with van der Waals surface area (Å²) >= 11 is 11.9. The van der Waals surface area contributed by atoms with Gasteiger partial charge in [-0.25, -0.2) is 4.79 Å². The van der Waals surface area contributed by atoms with Gasteiger partial charge in [0.2, 0.25) is 0 Å². The molecule has 2 atom stereocenters. The van der Waals surface area contributed by atoms with Crippen LogP contribution in [0.2, 0.25) is 10.0 Å². The van der Waals surface area contributed by atoms with Crippen molar-refractivity contribution in [2.24, 2.45) is 11.8 Å². The van der Waals surface area contributed by atoms with Gasteiger partial charge >= 0.3 is 6.03 Å². The Hall–Kier alpha value is -2.74. The minimum Gasteiger partial charge on any atom is -0.457 e. The number of urea groups is 1. The molecule has 2 aliphatic rings. The van der Waals surface area contributed by atoms with Crippen LogP contribution in [-0.2, 0) is 6.54 Å². The maximum atomic E-state index is 12.5. The molecule has 3 heterocycles. The van der Waals surface area contributed by atoms with Gasteiger partial charge < -0.3 is 14.2 Å². The van der Waals surface area contributed by atoms with Crippen LogP contribution >= 0.6 is 23.2 Å². The van der Waals surface area contributed by atoms with E-state index in [0.29, 0.717) is 21.9 Å². The number of rotatable bonds is 5. The summed E-state index contributed by atoms with van der Waals surface area (Å²) in [6, 6.07) is 15.3. The van der Waals surface area contributed by atoms with Gasteiger partial charge in [-0.05, 0) is 53.8 Å². The molecule has 166 valence electrons. The Morgan fingerprint density at radius 3 is 2.50 bits per heavy atom. The number of fused-ring (bicyclic) bond motifs is 1.